The number of imidazole rings is 1. The lowest BCUT2D eigenvalue weighted by Gasteiger charge is -2.22. The number of nitrogens with zero attached hydrogens (tertiary/aromatic N) is 5. The first-order valence-electron chi connectivity index (χ1n) is 14.9. The molecule has 0 spiro atoms. The van der Waals surface area contributed by atoms with Crippen molar-refractivity contribution in [3.63, 3.8) is 0 Å². The van der Waals surface area contributed by atoms with Gasteiger partial charge in [0.2, 0.25) is 5.91 Å². The Morgan fingerprint density at radius 2 is 1.90 bits per heavy atom. The molecule has 0 radical (unpaired) electrons. The van der Waals surface area contributed by atoms with Crippen molar-refractivity contribution in [3.8, 4) is 11.3 Å². The minimum Gasteiger partial charge on any atom is -0.483 e. The fraction of sp³-hybridized carbons (Fsp3) is 0.400. The Hall–Kier alpha value is -5.13. The Morgan fingerprint density at radius 1 is 1.17 bits per heavy atom. The molecule has 3 aromatic heterocycles. The molecule has 0 unspecified atom stereocenters. The lowest BCUT2D eigenvalue weighted by atomic mass is 9.98. The number of rotatable bonds is 11. The Morgan fingerprint density at radius 3 is 2.56 bits per heavy atom. The Kier molecular flexibility index (Phi) is 12.0. The molecule has 1 aromatic carbocycles. The van der Waals surface area contributed by atoms with E-state index in [1.165, 1.54) is 23.0 Å². The van der Waals surface area contributed by atoms with Crippen molar-refractivity contribution in [1.82, 2.24) is 40.1 Å². The van der Waals surface area contributed by atoms with Gasteiger partial charge in [-0.2, -0.15) is 18.3 Å². The number of alkyl halides is 5. The molecule has 5 N–H and O–H groups in total. The average Bonchev–Trinajstić information content (AvgIpc) is 3.68. The van der Waals surface area contributed by atoms with E-state index in [-0.39, 0.29) is 36.1 Å². The maximum absolute atomic E-state index is 13.7. The van der Waals surface area contributed by atoms with Gasteiger partial charge in [0.15, 0.2) is 17.2 Å². The van der Waals surface area contributed by atoms with E-state index in [1.807, 2.05) is 6.92 Å². The van der Waals surface area contributed by atoms with Crippen LogP contribution in [-0.2, 0) is 28.7 Å². The molecule has 1 fully saturated rings. The van der Waals surface area contributed by atoms with E-state index >= 15 is 0 Å². The number of anilines is 2. The standard InChI is InChI=1S/C29H32F5N9O2.CH2O2/c1-2-18-11-19(3-4-20(18)28(45)39-14-24(44)37-12-17-5-7-35-8-6-17)40-26-27-38-13-22(43(27)10-9-36-26)21-15-42(16-23(30)31)41-25(21)29(32,33)34;2-1-3/h3-4,9-11,13,15,17,23,35H,2,5-8,12,14,16H2,1H3,(H,36,40)(H,37,44)(H,39,45);1H,(H,2,3). The quantitative estimate of drug-likeness (QED) is 0.117. The zero-order chi connectivity index (χ0) is 34.8. The zero-order valence-corrected chi connectivity index (χ0v) is 25.7. The first-order chi connectivity index (χ1) is 22.9. The lowest BCUT2D eigenvalue weighted by molar-refractivity contribution is -0.141. The van der Waals surface area contributed by atoms with Crippen LogP contribution in [0.3, 0.4) is 0 Å². The molecule has 1 saturated heterocycles. The number of carboxylic acid groups (broad SMARTS) is 1. The third-order valence-corrected chi connectivity index (χ3v) is 7.51. The summed E-state index contributed by atoms with van der Waals surface area (Å²) in [7, 11) is 0. The average molecular weight is 680 g/mol. The van der Waals surface area contributed by atoms with E-state index in [0.717, 1.165) is 32.1 Å². The number of amides is 2. The maximum Gasteiger partial charge on any atom is 0.435 e. The second-order valence-corrected chi connectivity index (χ2v) is 10.8. The van der Waals surface area contributed by atoms with Crippen LogP contribution < -0.4 is 21.3 Å². The summed E-state index contributed by atoms with van der Waals surface area (Å²) < 4.78 is 68.9. The third kappa shape index (κ3) is 9.02. The minimum absolute atomic E-state index is 0.00987. The Bertz CT molecular complexity index is 1720. The smallest absolute Gasteiger partial charge is 0.435 e. The van der Waals surface area contributed by atoms with Gasteiger partial charge in [-0.15, -0.1) is 0 Å². The molecule has 2 amide bonds. The molecule has 18 heteroatoms. The summed E-state index contributed by atoms with van der Waals surface area (Å²) in [6.45, 7) is 2.90. The fourth-order valence-corrected chi connectivity index (χ4v) is 5.24. The molecule has 258 valence electrons. The van der Waals surface area contributed by atoms with Crippen LogP contribution in [0.25, 0.3) is 16.9 Å². The van der Waals surface area contributed by atoms with Gasteiger partial charge in [-0.3, -0.25) is 23.5 Å². The Balaban J connectivity index is 0.00000167. The predicted molar refractivity (Wildman–Crippen MR) is 164 cm³/mol. The van der Waals surface area contributed by atoms with Crippen molar-refractivity contribution in [1.29, 1.82) is 0 Å². The topological polar surface area (TPSA) is 168 Å². The number of carbonyl (C=O) groups is 3. The van der Waals surface area contributed by atoms with Crippen LogP contribution in [0.2, 0.25) is 0 Å². The number of hydrogen-bond acceptors (Lipinski definition) is 8. The number of halogens is 5. The molecular weight excluding hydrogens is 645 g/mol. The summed E-state index contributed by atoms with van der Waals surface area (Å²) in [4.78, 5) is 42.1. The van der Waals surface area contributed by atoms with Crippen LogP contribution in [0, 0.1) is 5.92 Å². The number of nitrogens with one attached hydrogen (secondary N) is 4. The van der Waals surface area contributed by atoms with Gasteiger partial charge in [0.25, 0.3) is 18.8 Å². The predicted octanol–water partition coefficient (Wildman–Crippen LogP) is 3.73. The highest BCUT2D eigenvalue weighted by atomic mass is 19.4. The number of piperidine rings is 1. The summed E-state index contributed by atoms with van der Waals surface area (Å²) in [5.74, 6) is -0.0376. The van der Waals surface area contributed by atoms with Crippen LogP contribution in [0.4, 0.5) is 33.5 Å². The molecular formula is C30H34F5N9O4. The zero-order valence-electron chi connectivity index (χ0n) is 25.7. The van der Waals surface area contributed by atoms with Gasteiger partial charge in [0.05, 0.1) is 24.0 Å². The molecule has 0 aliphatic carbocycles. The first-order valence-corrected chi connectivity index (χ1v) is 14.9. The summed E-state index contributed by atoms with van der Waals surface area (Å²) in [5.41, 5.74) is 0.0677. The van der Waals surface area contributed by atoms with Crippen LogP contribution in [-0.4, -0.2) is 80.1 Å². The second-order valence-electron chi connectivity index (χ2n) is 10.8. The summed E-state index contributed by atoms with van der Waals surface area (Å²) in [5, 5.41) is 22.1. The number of aryl methyl sites for hydroxylation is 1. The third-order valence-electron chi connectivity index (χ3n) is 7.51. The van der Waals surface area contributed by atoms with E-state index < -0.39 is 36.3 Å². The number of aromatic nitrogens is 5. The van der Waals surface area contributed by atoms with Gasteiger partial charge in [-0.1, -0.05) is 6.92 Å². The minimum atomic E-state index is -4.89. The maximum atomic E-state index is 13.7. The second kappa shape index (κ2) is 16.1. The largest absolute Gasteiger partial charge is 0.483 e. The number of hydrogen-bond donors (Lipinski definition) is 5. The highest BCUT2D eigenvalue weighted by Gasteiger charge is 2.38. The van der Waals surface area contributed by atoms with Crippen molar-refractivity contribution in [2.45, 2.75) is 45.3 Å². The van der Waals surface area contributed by atoms with Gasteiger partial charge in [0, 0.05) is 36.4 Å². The molecule has 1 aliphatic rings. The number of fused-ring (bicyclic) bond motifs is 1. The van der Waals surface area contributed by atoms with Gasteiger partial charge >= 0.3 is 6.18 Å². The normalized spacial score (nSPS) is 13.6. The number of carbonyl (C=O) groups excluding carboxylic acids is 2. The molecule has 4 aromatic rings. The molecule has 5 rings (SSSR count). The van der Waals surface area contributed by atoms with E-state index in [9.17, 15) is 31.5 Å². The molecule has 0 atom stereocenters. The summed E-state index contributed by atoms with van der Waals surface area (Å²) >= 11 is 0. The Labute approximate surface area is 270 Å². The molecule has 0 bridgehead atoms. The van der Waals surface area contributed by atoms with Crippen LogP contribution in [0.1, 0.15) is 41.4 Å². The lowest BCUT2D eigenvalue weighted by Crippen LogP contribution is -2.41. The van der Waals surface area contributed by atoms with Crippen molar-refractivity contribution in [2.75, 3.05) is 31.5 Å². The van der Waals surface area contributed by atoms with E-state index in [1.54, 1.807) is 18.2 Å². The van der Waals surface area contributed by atoms with Crippen LogP contribution in [0.15, 0.2) is 43.0 Å². The summed E-state index contributed by atoms with van der Waals surface area (Å²) in [6.07, 6.45) is -0.427. The van der Waals surface area contributed by atoms with Gasteiger partial charge in [-0.05, 0) is 62.0 Å². The van der Waals surface area contributed by atoms with E-state index in [0.29, 0.717) is 40.4 Å². The van der Waals surface area contributed by atoms with Gasteiger partial charge in [-0.25, -0.2) is 18.7 Å². The van der Waals surface area contributed by atoms with E-state index in [2.05, 4.69) is 36.3 Å². The highest BCUT2D eigenvalue weighted by Crippen LogP contribution is 2.37. The molecule has 48 heavy (non-hydrogen) atoms. The van der Waals surface area contributed by atoms with Crippen molar-refractivity contribution in [3.05, 3.63) is 59.8 Å². The SMILES string of the molecule is CCc1cc(Nc2nccn3c(-c4cn(CC(F)F)nc4C(F)(F)F)cnc23)ccc1C(=O)NCC(=O)NCC1CCNCC1.O=CO. The number of benzene rings is 1. The highest BCUT2D eigenvalue weighted by molar-refractivity contribution is 5.98. The van der Waals surface area contributed by atoms with E-state index in [4.69, 9.17) is 9.90 Å². The van der Waals surface area contributed by atoms with Crippen LogP contribution in [0.5, 0.6) is 0 Å². The summed E-state index contributed by atoms with van der Waals surface area (Å²) in [6, 6.07) is 4.97. The van der Waals surface area contributed by atoms with Gasteiger partial charge < -0.3 is 26.4 Å². The molecule has 1 aliphatic heterocycles. The first kappa shape index (κ1) is 35.7. The fourth-order valence-electron chi connectivity index (χ4n) is 5.24. The van der Waals surface area contributed by atoms with Crippen molar-refractivity contribution in [2.24, 2.45) is 5.92 Å². The van der Waals surface area contributed by atoms with Crippen molar-refractivity contribution < 1.29 is 41.4 Å². The molecule has 4 heterocycles. The van der Waals surface area contributed by atoms with Crippen LogP contribution >= 0.6 is 0 Å². The monoisotopic (exact) mass is 679 g/mol. The van der Waals surface area contributed by atoms with Gasteiger partial charge in [0.1, 0.15) is 6.54 Å². The molecule has 13 nitrogen and oxygen atoms in total. The molecule has 0 saturated carbocycles. The van der Waals surface area contributed by atoms with Crippen molar-refractivity contribution >= 4 is 35.4 Å².